The first-order chi connectivity index (χ1) is 9.58. The highest BCUT2D eigenvalue weighted by molar-refractivity contribution is 6.35. The standard InChI is InChI=1S/C16H12Cl2O2/c1-20-15-5-2-11(3-6-15)4-7-16(19)12-8-13(17)10-14(18)9-12/h2-10H,1H3/b7-4+. The van der Waals surface area contributed by atoms with Crippen LogP contribution in [0.25, 0.3) is 6.08 Å². The maximum atomic E-state index is 12.0. The molecule has 2 nitrogen and oxygen atoms in total. The zero-order valence-corrected chi connectivity index (χ0v) is 12.3. The predicted molar refractivity (Wildman–Crippen MR) is 82.8 cm³/mol. The van der Waals surface area contributed by atoms with Crippen LogP contribution >= 0.6 is 23.2 Å². The summed E-state index contributed by atoms with van der Waals surface area (Å²) in [5, 5.41) is 0.886. The Hall–Kier alpha value is -1.77. The molecule has 0 radical (unpaired) electrons. The molecule has 0 heterocycles. The molecule has 102 valence electrons. The lowest BCUT2D eigenvalue weighted by atomic mass is 10.1. The molecule has 2 rings (SSSR count). The highest BCUT2D eigenvalue weighted by Gasteiger charge is 2.04. The second kappa shape index (κ2) is 6.60. The second-order valence-electron chi connectivity index (χ2n) is 4.13. The largest absolute Gasteiger partial charge is 0.497 e. The van der Waals surface area contributed by atoms with E-state index in [2.05, 4.69) is 0 Å². The summed E-state index contributed by atoms with van der Waals surface area (Å²) in [6.45, 7) is 0. The van der Waals surface area contributed by atoms with Gasteiger partial charge in [-0.15, -0.1) is 0 Å². The summed E-state index contributed by atoms with van der Waals surface area (Å²) in [6.07, 6.45) is 3.22. The number of carbonyl (C=O) groups excluding carboxylic acids is 1. The Bertz CT molecular complexity index is 626. The van der Waals surface area contributed by atoms with Crippen LogP contribution in [0.3, 0.4) is 0 Å². The maximum absolute atomic E-state index is 12.0. The minimum Gasteiger partial charge on any atom is -0.497 e. The number of ketones is 1. The molecular formula is C16H12Cl2O2. The minimum absolute atomic E-state index is 0.148. The number of methoxy groups -OCH3 is 1. The van der Waals surface area contributed by atoms with Crippen LogP contribution in [0.15, 0.2) is 48.5 Å². The number of hydrogen-bond donors (Lipinski definition) is 0. The van der Waals surface area contributed by atoms with E-state index in [1.165, 1.54) is 6.08 Å². The summed E-state index contributed by atoms with van der Waals surface area (Å²) >= 11 is 11.7. The third-order valence-electron chi connectivity index (χ3n) is 2.69. The number of benzene rings is 2. The Kier molecular flexibility index (Phi) is 4.83. The smallest absolute Gasteiger partial charge is 0.185 e. The summed E-state index contributed by atoms with van der Waals surface area (Å²) in [6, 6.07) is 12.2. The van der Waals surface area contributed by atoms with Gasteiger partial charge in [0.2, 0.25) is 0 Å². The van der Waals surface area contributed by atoms with Crippen LogP contribution in [-0.2, 0) is 0 Å². The van der Waals surface area contributed by atoms with Gasteiger partial charge in [-0.2, -0.15) is 0 Å². The highest BCUT2D eigenvalue weighted by atomic mass is 35.5. The van der Waals surface area contributed by atoms with Crippen LogP contribution in [0.2, 0.25) is 10.0 Å². The molecule has 0 spiro atoms. The predicted octanol–water partition coefficient (Wildman–Crippen LogP) is 4.90. The number of ether oxygens (including phenoxy) is 1. The summed E-state index contributed by atoms with van der Waals surface area (Å²) < 4.78 is 5.07. The van der Waals surface area contributed by atoms with E-state index in [4.69, 9.17) is 27.9 Å². The molecule has 2 aromatic carbocycles. The third kappa shape index (κ3) is 3.86. The van der Waals surface area contributed by atoms with Gasteiger partial charge in [0.15, 0.2) is 5.78 Å². The van der Waals surface area contributed by atoms with Crippen molar-refractivity contribution in [3.8, 4) is 5.75 Å². The first kappa shape index (κ1) is 14.6. The van der Waals surface area contributed by atoms with Crippen molar-refractivity contribution in [1.29, 1.82) is 0 Å². The van der Waals surface area contributed by atoms with Crippen molar-refractivity contribution in [2.75, 3.05) is 7.11 Å². The molecule has 20 heavy (non-hydrogen) atoms. The fourth-order valence-corrected chi connectivity index (χ4v) is 2.21. The molecule has 4 heteroatoms. The van der Waals surface area contributed by atoms with Gasteiger partial charge < -0.3 is 4.74 Å². The summed E-state index contributed by atoms with van der Waals surface area (Å²) in [4.78, 5) is 12.0. The van der Waals surface area contributed by atoms with Gasteiger partial charge >= 0.3 is 0 Å². The molecule has 0 saturated heterocycles. The van der Waals surface area contributed by atoms with Crippen LogP contribution in [0.4, 0.5) is 0 Å². The van der Waals surface area contributed by atoms with Crippen molar-refractivity contribution in [2.45, 2.75) is 0 Å². The van der Waals surface area contributed by atoms with E-state index >= 15 is 0 Å². The molecule has 0 fully saturated rings. The number of hydrogen-bond acceptors (Lipinski definition) is 2. The number of rotatable bonds is 4. The second-order valence-corrected chi connectivity index (χ2v) is 5.00. The molecule has 0 amide bonds. The fourth-order valence-electron chi connectivity index (χ4n) is 1.68. The van der Waals surface area contributed by atoms with Crippen LogP contribution < -0.4 is 4.74 Å². The third-order valence-corrected chi connectivity index (χ3v) is 3.13. The lowest BCUT2D eigenvalue weighted by Crippen LogP contribution is -1.94. The highest BCUT2D eigenvalue weighted by Crippen LogP contribution is 2.20. The molecule has 2 aromatic rings. The van der Waals surface area contributed by atoms with E-state index in [0.717, 1.165) is 11.3 Å². The topological polar surface area (TPSA) is 26.3 Å². The van der Waals surface area contributed by atoms with Gasteiger partial charge in [-0.05, 0) is 42.0 Å². The molecule has 0 N–H and O–H groups in total. The lowest BCUT2D eigenvalue weighted by Gasteiger charge is -2.00. The first-order valence-electron chi connectivity index (χ1n) is 5.91. The van der Waals surface area contributed by atoms with E-state index in [0.29, 0.717) is 15.6 Å². The van der Waals surface area contributed by atoms with E-state index < -0.39 is 0 Å². The Morgan fingerprint density at radius 2 is 1.65 bits per heavy atom. The van der Waals surface area contributed by atoms with Gasteiger partial charge in [-0.25, -0.2) is 0 Å². The van der Waals surface area contributed by atoms with Gasteiger partial charge in [0.05, 0.1) is 7.11 Å². The Morgan fingerprint density at radius 1 is 1.05 bits per heavy atom. The molecule has 0 atom stereocenters. The molecular weight excluding hydrogens is 295 g/mol. The molecule has 0 aliphatic carbocycles. The normalized spacial score (nSPS) is 10.8. The number of carbonyl (C=O) groups is 1. The van der Waals surface area contributed by atoms with Crippen molar-refractivity contribution in [3.05, 3.63) is 69.7 Å². The number of halogens is 2. The van der Waals surface area contributed by atoms with Crippen molar-refractivity contribution >= 4 is 35.1 Å². The van der Waals surface area contributed by atoms with Gasteiger partial charge in [-0.1, -0.05) is 41.4 Å². The molecule has 0 bridgehead atoms. The van der Waals surface area contributed by atoms with E-state index in [1.807, 2.05) is 24.3 Å². The van der Waals surface area contributed by atoms with Gasteiger partial charge in [0.25, 0.3) is 0 Å². The van der Waals surface area contributed by atoms with Gasteiger partial charge in [0.1, 0.15) is 5.75 Å². The van der Waals surface area contributed by atoms with Crippen LogP contribution in [-0.4, -0.2) is 12.9 Å². The summed E-state index contributed by atoms with van der Waals surface area (Å²) in [5.41, 5.74) is 1.37. The van der Waals surface area contributed by atoms with E-state index in [9.17, 15) is 4.79 Å². The minimum atomic E-state index is -0.148. The van der Waals surface area contributed by atoms with Crippen LogP contribution in [0.5, 0.6) is 5.75 Å². The zero-order valence-electron chi connectivity index (χ0n) is 10.8. The first-order valence-corrected chi connectivity index (χ1v) is 6.66. The molecule has 0 unspecified atom stereocenters. The zero-order chi connectivity index (χ0) is 14.5. The van der Waals surface area contributed by atoms with E-state index in [1.54, 1.807) is 31.4 Å². The quantitative estimate of drug-likeness (QED) is 0.593. The van der Waals surface area contributed by atoms with Crippen molar-refractivity contribution in [1.82, 2.24) is 0 Å². The Labute approximate surface area is 127 Å². The molecule has 0 aromatic heterocycles. The Balaban J connectivity index is 2.15. The maximum Gasteiger partial charge on any atom is 0.185 e. The van der Waals surface area contributed by atoms with Crippen molar-refractivity contribution < 1.29 is 9.53 Å². The average molecular weight is 307 g/mol. The van der Waals surface area contributed by atoms with Crippen LogP contribution in [0.1, 0.15) is 15.9 Å². The average Bonchev–Trinajstić information content (AvgIpc) is 2.44. The SMILES string of the molecule is COc1ccc(/C=C/C(=O)c2cc(Cl)cc(Cl)c2)cc1. The fraction of sp³-hybridized carbons (Fsp3) is 0.0625. The van der Waals surface area contributed by atoms with E-state index in [-0.39, 0.29) is 5.78 Å². The molecule has 0 aliphatic rings. The van der Waals surface area contributed by atoms with Crippen molar-refractivity contribution in [3.63, 3.8) is 0 Å². The molecule has 0 saturated carbocycles. The Morgan fingerprint density at radius 3 is 2.20 bits per heavy atom. The van der Waals surface area contributed by atoms with Crippen molar-refractivity contribution in [2.24, 2.45) is 0 Å². The monoisotopic (exact) mass is 306 g/mol. The summed E-state index contributed by atoms with van der Waals surface area (Å²) in [7, 11) is 1.61. The lowest BCUT2D eigenvalue weighted by molar-refractivity contribution is 0.104. The van der Waals surface area contributed by atoms with Gasteiger partial charge in [0, 0.05) is 15.6 Å². The van der Waals surface area contributed by atoms with Gasteiger partial charge in [-0.3, -0.25) is 4.79 Å². The number of allylic oxidation sites excluding steroid dienone is 1. The molecule has 0 aliphatic heterocycles. The van der Waals surface area contributed by atoms with Crippen LogP contribution in [0, 0.1) is 0 Å². The summed E-state index contributed by atoms with van der Waals surface area (Å²) in [5.74, 6) is 0.625.